The van der Waals surface area contributed by atoms with Crippen LogP contribution in [0.2, 0.25) is 0 Å². The van der Waals surface area contributed by atoms with E-state index in [2.05, 4.69) is 17.0 Å². The summed E-state index contributed by atoms with van der Waals surface area (Å²) in [5.41, 5.74) is 8.04. The fourth-order valence-electron chi connectivity index (χ4n) is 2.91. The maximum atomic E-state index is 9.22. The summed E-state index contributed by atoms with van der Waals surface area (Å²) in [4.78, 5) is 7.07. The normalized spacial score (nSPS) is 16.8. The van der Waals surface area contributed by atoms with Crippen molar-refractivity contribution in [2.45, 2.75) is 19.4 Å². The number of pyridine rings is 1. The predicted molar refractivity (Wildman–Crippen MR) is 81.7 cm³/mol. The zero-order valence-corrected chi connectivity index (χ0v) is 11.6. The molecular weight excluding hydrogens is 250 g/mol. The summed E-state index contributed by atoms with van der Waals surface area (Å²) < 4.78 is 0. The number of rotatable bonds is 3. The summed E-state index contributed by atoms with van der Waals surface area (Å²) in [5, 5.41) is 10.4. The standard InChI is InChI=1S/C16H21N3O/c17-10-13-9-16(18-15-4-2-1-3-14(13)15)19-7-5-12(11-20)6-8-19/h1-4,9,12,20H,5-8,10-11,17H2. The highest BCUT2D eigenvalue weighted by atomic mass is 16.3. The molecule has 1 aromatic heterocycles. The largest absolute Gasteiger partial charge is 0.396 e. The van der Waals surface area contributed by atoms with Crippen LogP contribution in [-0.2, 0) is 6.54 Å². The summed E-state index contributed by atoms with van der Waals surface area (Å²) >= 11 is 0. The highest BCUT2D eigenvalue weighted by Gasteiger charge is 2.20. The van der Waals surface area contributed by atoms with Crippen LogP contribution in [0.1, 0.15) is 18.4 Å². The molecule has 1 aliphatic rings. The molecule has 0 radical (unpaired) electrons. The van der Waals surface area contributed by atoms with E-state index >= 15 is 0 Å². The van der Waals surface area contributed by atoms with Gasteiger partial charge >= 0.3 is 0 Å². The molecule has 2 aromatic rings. The maximum Gasteiger partial charge on any atom is 0.129 e. The zero-order chi connectivity index (χ0) is 13.9. The fraction of sp³-hybridized carbons (Fsp3) is 0.438. The minimum atomic E-state index is 0.299. The molecule has 1 aromatic carbocycles. The van der Waals surface area contributed by atoms with Gasteiger partial charge in [-0.15, -0.1) is 0 Å². The van der Waals surface area contributed by atoms with Gasteiger partial charge in [0, 0.05) is 31.6 Å². The Bertz CT molecular complexity index is 591. The van der Waals surface area contributed by atoms with Gasteiger partial charge in [0.15, 0.2) is 0 Å². The van der Waals surface area contributed by atoms with Gasteiger partial charge in [0.2, 0.25) is 0 Å². The summed E-state index contributed by atoms with van der Waals surface area (Å²) in [6.07, 6.45) is 2.06. The number of fused-ring (bicyclic) bond motifs is 1. The highest BCUT2D eigenvalue weighted by molar-refractivity contribution is 5.84. The molecule has 0 spiro atoms. The average Bonchev–Trinajstić information content (AvgIpc) is 2.54. The molecule has 1 aliphatic heterocycles. The van der Waals surface area contributed by atoms with E-state index in [4.69, 9.17) is 10.7 Å². The number of anilines is 1. The summed E-state index contributed by atoms with van der Waals surface area (Å²) in [6, 6.07) is 10.3. The van der Waals surface area contributed by atoms with Crippen LogP contribution < -0.4 is 10.6 Å². The first-order chi connectivity index (χ1) is 9.81. The van der Waals surface area contributed by atoms with E-state index in [0.717, 1.165) is 48.2 Å². The van der Waals surface area contributed by atoms with E-state index < -0.39 is 0 Å². The second-order valence-electron chi connectivity index (χ2n) is 5.47. The predicted octanol–water partition coefficient (Wildman–Crippen LogP) is 1.90. The molecule has 4 nitrogen and oxygen atoms in total. The van der Waals surface area contributed by atoms with Gasteiger partial charge in [-0.05, 0) is 36.5 Å². The smallest absolute Gasteiger partial charge is 0.129 e. The first-order valence-corrected chi connectivity index (χ1v) is 7.26. The lowest BCUT2D eigenvalue weighted by Gasteiger charge is -2.32. The average molecular weight is 271 g/mol. The summed E-state index contributed by atoms with van der Waals surface area (Å²) in [7, 11) is 0. The van der Waals surface area contributed by atoms with Gasteiger partial charge in [0.25, 0.3) is 0 Å². The van der Waals surface area contributed by atoms with Crippen LogP contribution in [0.5, 0.6) is 0 Å². The SMILES string of the molecule is NCc1cc(N2CCC(CO)CC2)nc2ccccc12. The lowest BCUT2D eigenvalue weighted by molar-refractivity contribution is 0.203. The molecule has 0 saturated carbocycles. The Morgan fingerprint density at radius 3 is 2.70 bits per heavy atom. The first-order valence-electron chi connectivity index (χ1n) is 7.26. The number of piperidine rings is 1. The Kier molecular flexibility index (Phi) is 3.85. The molecule has 0 bridgehead atoms. The molecule has 106 valence electrons. The number of aliphatic hydroxyl groups is 1. The molecule has 0 aliphatic carbocycles. The Morgan fingerprint density at radius 1 is 1.25 bits per heavy atom. The van der Waals surface area contributed by atoms with Crippen LogP contribution in [0.15, 0.2) is 30.3 Å². The molecule has 3 rings (SSSR count). The van der Waals surface area contributed by atoms with Crippen molar-refractivity contribution in [3.05, 3.63) is 35.9 Å². The van der Waals surface area contributed by atoms with Gasteiger partial charge in [-0.1, -0.05) is 18.2 Å². The van der Waals surface area contributed by atoms with Gasteiger partial charge in [-0.25, -0.2) is 4.98 Å². The minimum absolute atomic E-state index is 0.299. The number of nitrogens with zero attached hydrogens (tertiary/aromatic N) is 2. The van der Waals surface area contributed by atoms with E-state index in [-0.39, 0.29) is 0 Å². The lowest BCUT2D eigenvalue weighted by Crippen LogP contribution is -2.35. The summed E-state index contributed by atoms with van der Waals surface area (Å²) in [5.74, 6) is 1.46. The van der Waals surface area contributed by atoms with Gasteiger partial charge in [-0.2, -0.15) is 0 Å². The van der Waals surface area contributed by atoms with E-state index in [9.17, 15) is 5.11 Å². The molecule has 1 fully saturated rings. The van der Waals surface area contributed by atoms with Crippen LogP contribution in [0.25, 0.3) is 10.9 Å². The number of benzene rings is 1. The van der Waals surface area contributed by atoms with Crippen molar-refractivity contribution < 1.29 is 5.11 Å². The molecule has 3 N–H and O–H groups in total. The van der Waals surface area contributed by atoms with E-state index in [1.54, 1.807) is 0 Å². The molecule has 20 heavy (non-hydrogen) atoms. The topological polar surface area (TPSA) is 62.4 Å². The molecule has 0 amide bonds. The molecule has 1 saturated heterocycles. The van der Waals surface area contributed by atoms with E-state index in [0.29, 0.717) is 19.1 Å². The maximum absolute atomic E-state index is 9.22. The van der Waals surface area contributed by atoms with Crippen molar-refractivity contribution in [3.8, 4) is 0 Å². The second-order valence-corrected chi connectivity index (χ2v) is 5.47. The van der Waals surface area contributed by atoms with Crippen LogP contribution in [-0.4, -0.2) is 29.8 Å². The van der Waals surface area contributed by atoms with Crippen LogP contribution in [0.4, 0.5) is 5.82 Å². The Labute approximate surface area is 119 Å². The zero-order valence-electron chi connectivity index (χ0n) is 11.6. The van der Waals surface area contributed by atoms with Crippen molar-refractivity contribution in [2.75, 3.05) is 24.6 Å². The third-order valence-electron chi connectivity index (χ3n) is 4.20. The quantitative estimate of drug-likeness (QED) is 0.895. The van der Waals surface area contributed by atoms with E-state index in [1.165, 1.54) is 0 Å². The molecule has 0 unspecified atom stereocenters. The van der Waals surface area contributed by atoms with Gasteiger partial charge in [0.05, 0.1) is 5.52 Å². The number of hydrogen-bond donors (Lipinski definition) is 2. The lowest BCUT2D eigenvalue weighted by atomic mass is 9.98. The minimum Gasteiger partial charge on any atom is -0.396 e. The molecule has 2 heterocycles. The molecular formula is C16H21N3O. The number of aromatic nitrogens is 1. The Balaban J connectivity index is 1.92. The Hall–Kier alpha value is -1.65. The molecule has 4 heteroatoms. The summed E-state index contributed by atoms with van der Waals surface area (Å²) in [6.45, 7) is 2.75. The van der Waals surface area contributed by atoms with Crippen molar-refractivity contribution >= 4 is 16.7 Å². The number of para-hydroxylation sites is 1. The van der Waals surface area contributed by atoms with E-state index in [1.807, 2.05) is 18.2 Å². The van der Waals surface area contributed by atoms with Gasteiger partial charge in [-0.3, -0.25) is 0 Å². The van der Waals surface area contributed by atoms with Crippen LogP contribution in [0.3, 0.4) is 0 Å². The number of aliphatic hydroxyl groups excluding tert-OH is 1. The van der Waals surface area contributed by atoms with Crippen molar-refractivity contribution in [1.82, 2.24) is 4.98 Å². The Morgan fingerprint density at radius 2 is 2.00 bits per heavy atom. The highest BCUT2D eigenvalue weighted by Crippen LogP contribution is 2.26. The van der Waals surface area contributed by atoms with Gasteiger partial charge < -0.3 is 15.7 Å². The molecule has 0 atom stereocenters. The fourth-order valence-corrected chi connectivity index (χ4v) is 2.91. The third-order valence-corrected chi connectivity index (χ3v) is 4.20. The monoisotopic (exact) mass is 271 g/mol. The number of hydrogen-bond acceptors (Lipinski definition) is 4. The van der Waals surface area contributed by atoms with Crippen molar-refractivity contribution in [3.63, 3.8) is 0 Å². The van der Waals surface area contributed by atoms with Crippen LogP contribution >= 0.6 is 0 Å². The second kappa shape index (κ2) is 5.77. The van der Waals surface area contributed by atoms with Gasteiger partial charge in [0.1, 0.15) is 5.82 Å². The van der Waals surface area contributed by atoms with Crippen molar-refractivity contribution in [2.24, 2.45) is 11.7 Å². The first kappa shape index (κ1) is 13.3. The third kappa shape index (κ3) is 2.49. The van der Waals surface area contributed by atoms with Crippen molar-refractivity contribution in [1.29, 1.82) is 0 Å². The number of nitrogens with two attached hydrogens (primary N) is 1. The van der Waals surface area contributed by atoms with Crippen LogP contribution in [0, 0.1) is 5.92 Å².